The molecule has 9 atom stereocenters. The van der Waals surface area contributed by atoms with Crippen molar-refractivity contribution in [2.24, 2.45) is 17.3 Å². The van der Waals surface area contributed by atoms with Gasteiger partial charge < -0.3 is 19.8 Å². The van der Waals surface area contributed by atoms with E-state index >= 15 is 4.39 Å². The van der Waals surface area contributed by atoms with Crippen LogP contribution in [0.4, 0.5) is 4.39 Å². The minimum Gasteiger partial charge on any atom is -0.390 e. The Labute approximate surface area is 201 Å². The Hall–Kier alpha value is -1.78. The van der Waals surface area contributed by atoms with Gasteiger partial charge in [-0.15, -0.1) is 0 Å². The summed E-state index contributed by atoms with van der Waals surface area (Å²) >= 11 is 0. The average Bonchev–Trinajstić information content (AvgIpc) is 3.35. The van der Waals surface area contributed by atoms with Gasteiger partial charge in [-0.05, 0) is 87.7 Å². The fourth-order valence-electron chi connectivity index (χ4n) is 8.73. The number of nitrogens with zero attached hydrogens (tertiary/aromatic N) is 2. The predicted octanol–water partition coefficient (Wildman–Crippen LogP) is 3.83. The van der Waals surface area contributed by atoms with E-state index in [0.717, 1.165) is 24.8 Å². The molecule has 0 aromatic heterocycles. The van der Waals surface area contributed by atoms with Gasteiger partial charge in [0.15, 0.2) is 0 Å². The maximum absolute atomic E-state index is 17.1. The molecule has 0 radical (unpaired) electrons. The van der Waals surface area contributed by atoms with Crippen molar-refractivity contribution in [2.75, 3.05) is 14.1 Å². The highest BCUT2D eigenvalue weighted by molar-refractivity contribution is 5.74. The van der Waals surface area contributed by atoms with E-state index in [2.05, 4.69) is 19.1 Å². The molecule has 6 heteroatoms. The molecule has 0 amide bonds. The normalized spacial score (nSPS) is 49.1. The van der Waals surface area contributed by atoms with Crippen LogP contribution in [0.2, 0.25) is 0 Å². The maximum Gasteiger partial charge on any atom is 0.140 e. The van der Waals surface area contributed by atoms with Crippen molar-refractivity contribution in [2.45, 2.75) is 87.0 Å². The molecule has 2 bridgehead atoms. The van der Waals surface area contributed by atoms with Crippen molar-refractivity contribution in [1.82, 2.24) is 4.90 Å². The average molecular weight is 467 g/mol. The molecule has 34 heavy (non-hydrogen) atoms. The molecular formula is C28H35FN2O3. The number of likely N-dealkylation sites (N-methyl/N-ethyl adjacent to an activating group) is 1. The molecule has 2 saturated heterocycles. The fraction of sp³-hybridized carbons (Fsp3) is 0.679. The number of hydrogen-bond donors (Lipinski definition) is 2. The predicted molar refractivity (Wildman–Crippen MR) is 126 cm³/mol. The van der Waals surface area contributed by atoms with E-state index in [1.807, 2.05) is 43.3 Å². The molecule has 3 unspecified atom stereocenters. The zero-order chi connectivity index (χ0) is 24.1. The minimum atomic E-state index is -1.50. The van der Waals surface area contributed by atoms with Gasteiger partial charge in [0.25, 0.3) is 0 Å². The summed E-state index contributed by atoms with van der Waals surface area (Å²) in [5.74, 6) is -0.345. The summed E-state index contributed by atoms with van der Waals surface area (Å²) in [6, 6.07) is 9.72. The molecule has 2 heterocycles. The summed E-state index contributed by atoms with van der Waals surface area (Å²) in [4.78, 5) is 1.97. The molecule has 2 N–H and O–H groups in total. The first-order valence-electron chi connectivity index (χ1n) is 12.7. The van der Waals surface area contributed by atoms with E-state index in [0.29, 0.717) is 24.8 Å². The van der Waals surface area contributed by atoms with Crippen molar-refractivity contribution in [1.29, 1.82) is 5.26 Å². The van der Waals surface area contributed by atoms with Crippen LogP contribution in [0.15, 0.2) is 30.3 Å². The Morgan fingerprint density at radius 1 is 1.06 bits per heavy atom. The van der Waals surface area contributed by atoms with Crippen molar-refractivity contribution < 1.29 is 19.3 Å². The van der Waals surface area contributed by atoms with Gasteiger partial charge in [0.05, 0.1) is 29.4 Å². The summed E-state index contributed by atoms with van der Waals surface area (Å²) in [6.07, 6.45) is 4.60. The van der Waals surface area contributed by atoms with Crippen LogP contribution in [0.1, 0.15) is 63.0 Å². The van der Waals surface area contributed by atoms with E-state index in [1.165, 1.54) is 5.57 Å². The van der Waals surface area contributed by atoms with Crippen molar-refractivity contribution in [3.63, 3.8) is 0 Å². The fourth-order valence-corrected chi connectivity index (χ4v) is 8.73. The smallest absolute Gasteiger partial charge is 0.140 e. The lowest BCUT2D eigenvalue weighted by atomic mass is 9.51. The van der Waals surface area contributed by atoms with Gasteiger partial charge in [0.2, 0.25) is 0 Å². The number of benzene rings is 1. The third kappa shape index (κ3) is 2.67. The second kappa shape index (κ2) is 7.13. The van der Waals surface area contributed by atoms with Crippen LogP contribution in [0.25, 0.3) is 5.57 Å². The van der Waals surface area contributed by atoms with Crippen LogP contribution in [0, 0.1) is 28.6 Å². The third-order valence-electron chi connectivity index (χ3n) is 10.5. The van der Waals surface area contributed by atoms with Gasteiger partial charge in [-0.3, -0.25) is 0 Å². The van der Waals surface area contributed by atoms with Crippen LogP contribution < -0.4 is 0 Å². The molecule has 5 aliphatic rings. The molecule has 2 saturated carbocycles. The summed E-state index contributed by atoms with van der Waals surface area (Å²) in [7, 11) is 3.85. The van der Waals surface area contributed by atoms with Crippen molar-refractivity contribution >= 4 is 5.57 Å². The molecule has 4 fully saturated rings. The second-order valence-corrected chi connectivity index (χ2v) is 12.1. The first kappa shape index (κ1) is 22.7. The van der Waals surface area contributed by atoms with E-state index < -0.39 is 29.1 Å². The molecule has 6 rings (SSSR count). The topological polar surface area (TPSA) is 76.7 Å². The standard InChI is InChI=1S/C28H35FN2O3/c1-25-10-12-27(29)14-20-23(32)24(33)21(31(2)3)15-26(20)11-13-28(27,34-26)22(25)9-8-19(25)18-6-4-17(16-30)5-7-18/h4-8,20-24,32-33H,9-15H2,1-3H3/t20?,21-,22?,23+,24+,25+,26+,27?,28-/m0/s1. The number of allylic oxidation sites excluding steroid dienone is 2. The number of aliphatic hydroxyl groups excluding tert-OH is 2. The van der Waals surface area contributed by atoms with E-state index in [-0.39, 0.29) is 29.7 Å². The maximum atomic E-state index is 17.1. The summed E-state index contributed by atoms with van der Waals surface area (Å²) < 4.78 is 24.1. The first-order valence-corrected chi connectivity index (χ1v) is 12.7. The van der Waals surface area contributed by atoms with Crippen molar-refractivity contribution in [3.8, 4) is 6.07 Å². The lowest BCUT2D eigenvalue weighted by Crippen LogP contribution is -2.72. The number of halogens is 1. The summed E-state index contributed by atoms with van der Waals surface area (Å²) in [5.41, 5.74) is -0.148. The Balaban J connectivity index is 1.38. The SMILES string of the molecule is CN(C)[C@H]1C[C@@]23CC[C@]4(O2)C2CC=C(c5ccc(C#N)cc5)[C@@]2(C)CCC4(F)CC3[C@@H](O)[C@@H]1O. The van der Waals surface area contributed by atoms with Crippen molar-refractivity contribution in [3.05, 3.63) is 41.5 Å². The van der Waals surface area contributed by atoms with Crippen LogP contribution in [-0.4, -0.2) is 64.3 Å². The monoisotopic (exact) mass is 466 g/mol. The Bertz CT molecular complexity index is 1080. The van der Waals surface area contributed by atoms with Gasteiger partial charge in [0, 0.05) is 17.9 Å². The molecule has 3 aliphatic carbocycles. The van der Waals surface area contributed by atoms with E-state index in [4.69, 9.17) is 4.74 Å². The number of ether oxygens (including phenoxy) is 1. The molecule has 1 aromatic carbocycles. The van der Waals surface area contributed by atoms with Gasteiger partial charge >= 0.3 is 0 Å². The molecule has 5 nitrogen and oxygen atoms in total. The molecule has 2 aliphatic heterocycles. The molecule has 2 spiro atoms. The second-order valence-electron chi connectivity index (χ2n) is 12.1. The number of hydrogen-bond acceptors (Lipinski definition) is 5. The zero-order valence-corrected chi connectivity index (χ0v) is 20.3. The van der Waals surface area contributed by atoms with Crippen LogP contribution in [0.5, 0.6) is 0 Å². The number of fused-ring (bicyclic) bond motifs is 1. The Morgan fingerprint density at radius 2 is 1.79 bits per heavy atom. The van der Waals surface area contributed by atoms with Gasteiger partial charge in [-0.2, -0.15) is 5.26 Å². The van der Waals surface area contributed by atoms with Gasteiger partial charge in [-0.25, -0.2) is 4.39 Å². The van der Waals surface area contributed by atoms with Crippen LogP contribution >= 0.6 is 0 Å². The van der Waals surface area contributed by atoms with Crippen LogP contribution in [-0.2, 0) is 4.74 Å². The zero-order valence-electron chi connectivity index (χ0n) is 20.3. The molecule has 1 aromatic rings. The summed E-state index contributed by atoms with van der Waals surface area (Å²) in [6.45, 7) is 2.27. The number of rotatable bonds is 2. The Kier molecular flexibility index (Phi) is 4.76. The van der Waals surface area contributed by atoms with Gasteiger partial charge in [-0.1, -0.05) is 25.1 Å². The number of alkyl halides is 1. The molecule has 182 valence electrons. The summed E-state index contributed by atoms with van der Waals surface area (Å²) in [5, 5.41) is 31.1. The highest BCUT2D eigenvalue weighted by Gasteiger charge is 2.77. The quantitative estimate of drug-likeness (QED) is 0.693. The third-order valence-corrected chi connectivity index (χ3v) is 10.5. The highest BCUT2D eigenvalue weighted by Crippen LogP contribution is 2.72. The molecular weight excluding hydrogens is 431 g/mol. The van der Waals surface area contributed by atoms with E-state index in [1.54, 1.807) is 0 Å². The number of aliphatic hydroxyl groups is 2. The van der Waals surface area contributed by atoms with Crippen LogP contribution in [0.3, 0.4) is 0 Å². The first-order chi connectivity index (χ1) is 16.1. The Morgan fingerprint density at radius 3 is 2.47 bits per heavy atom. The lowest BCUT2D eigenvalue weighted by molar-refractivity contribution is -0.314. The van der Waals surface area contributed by atoms with E-state index in [9.17, 15) is 15.5 Å². The highest BCUT2D eigenvalue weighted by atomic mass is 19.1. The lowest BCUT2D eigenvalue weighted by Gasteiger charge is -2.64. The largest absolute Gasteiger partial charge is 0.390 e. The number of nitriles is 1. The minimum absolute atomic E-state index is 0.0338. The van der Waals surface area contributed by atoms with Gasteiger partial charge in [0.1, 0.15) is 11.3 Å².